The number of carbonyl (C=O) groups is 1. The van der Waals surface area contributed by atoms with Crippen LogP contribution < -0.4 is 4.74 Å². The quantitative estimate of drug-likeness (QED) is 0.455. The van der Waals surface area contributed by atoms with Crippen LogP contribution in [0.5, 0.6) is 5.75 Å². The molecule has 0 spiro atoms. The van der Waals surface area contributed by atoms with E-state index >= 15 is 0 Å². The Labute approximate surface area is 160 Å². The maximum atomic E-state index is 11.6. The predicted octanol–water partition coefficient (Wildman–Crippen LogP) is 3.99. The molecule has 0 fully saturated rings. The van der Waals surface area contributed by atoms with E-state index in [1.54, 1.807) is 19.1 Å². The van der Waals surface area contributed by atoms with Crippen molar-refractivity contribution in [2.24, 2.45) is 5.92 Å². The summed E-state index contributed by atoms with van der Waals surface area (Å²) in [5.41, 5.74) is 1.89. The van der Waals surface area contributed by atoms with Gasteiger partial charge in [0.15, 0.2) is 0 Å². The Kier molecular flexibility index (Phi) is 8.04. The van der Waals surface area contributed by atoms with Gasteiger partial charge in [-0.2, -0.15) is 12.6 Å². The van der Waals surface area contributed by atoms with Gasteiger partial charge in [-0.05, 0) is 67.3 Å². The van der Waals surface area contributed by atoms with Crippen LogP contribution in [0.25, 0.3) is 0 Å². The van der Waals surface area contributed by atoms with Gasteiger partial charge in [0.2, 0.25) is 0 Å². The van der Waals surface area contributed by atoms with Gasteiger partial charge < -0.3 is 9.47 Å². The smallest absolute Gasteiger partial charge is 0.339 e. The third kappa shape index (κ3) is 6.45. The summed E-state index contributed by atoms with van der Waals surface area (Å²) in [7, 11) is 0. The molecule has 1 aromatic heterocycles. The first kappa shape index (κ1) is 19.9. The van der Waals surface area contributed by atoms with E-state index < -0.39 is 0 Å². The number of carbonyl (C=O) groups excluding carboxylic acids is 1. The van der Waals surface area contributed by atoms with E-state index in [2.05, 4.69) is 36.4 Å². The van der Waals surface area contributed by atoms with Crippen molar-refractivity contribution in [2.75, 3.05) is 19.0 Å². The Morgan fingerprint density at radius 3 is 2.58 bits per heavy atom. The SMILES string of the molecule is CCOC(=O)c1ccc(C#Cc2ccc(OCCC(C)CS)cc2)nc1. The number of rotatable bonds is 7. The lowest BCUT2D eigenvalue weighted by Crippen LogP contribution is -2.05. The molecule has 1 unspecified atom stereocenters. The summed E-state index contributed by atoms with van der Waals surface area (Å²) in [5.74, 6) is 7.90. The van der Waals surface area contributed by atoms with Crippen molar-refractivity contribution >= 4 is 18.6 Å². The van der Waals surface area contributed by atoms with Crippen LogP contribution in [-0.2, 0) is 4.74 Å². The maximum absolute atomic E-state index is 11.6. The topological polar surface area (TPSA) is 48.4 Å². The van der Waals surface area contributed by atoms with Gasteiger partial charge in [-0.25, -0.2) is 9.78 Å². The van der Waals surface area contributed by atoms with Gasteiger partial charge in [-0.1, -0.05) is 12.8 Å². The Balaban J connectivity index is 1.92. The molecule has 4 nitrogen and oxygen atoms in total. The number of ether oxygens (including phenoxy) is 2. The molecule has 5 heteroatoms. The monoisotopic (exact) mass is 369 g/mol. The molecule has 0 bridgehead atoms. The third-order valence-electron chi connectivity index (χ3n) is 3.65. The molecule has 1 atom stereocenters. The lowest BCUT2D eigenvalue weighted by Gasteiger charge is -2.09. The number of hydrogen-bond donors (Lipinski definition) is 1. The van der Waals surface area contributed by atoms with Crippen LogP contribution in [0, 0.1) is 17.8 Å². The van der Waals surface area contributed by atoms with Crippen molar-refractivity contribution in [3.05, 3.63) is 59.4 Å². The zero-order valence-corrected chi connectivity index (χ0v) is 16.0. The lowest BCUT2D eigenvalue weighted by atomic mass is 10.1. The van der Waals surface area contributed by atoms with Crippen molar-refractivity contribution in [2.45, 2.75) is 20.3 Å². The van der Waals surface area contributed by atoms with E-state index in [1.165, 1.54) is 6.20 Å². The molecular weight excluding hydrogens is 346 g/mol. The Hall–Kier alpha value is -2.45. The highest BCUT2D eigenvalue weighted by Crippen LogP contribution is 2.13. The van der Waals surface area contributed by atoms with E-state index in [0.717, 1.165) is 23.5 Å². The van der Waals surface area contributed by atoms with Crippen LogP contribution in [0.3, 0.4) is 0 Å². The first-order chi connectivity index (χ1) is 12.6. The van der Waals surface area contributed by atoms with E-state index in [0.29, 0.717) is 30.4 Å². The van der Waals surface area contributed by atoms with Gasteiger partial charge in [-0.3, -0.25) is 0 Å². The zero-order valence-electron chi connectivity index (χ0n) is 15.1. The Morgan fingerprint density at radius 1 is 1.19 bits per heavy atom. The van der Waals surface area contributed by atoms with Crippen LogP contribution in [0.4, 0.5) is 0 Å². The molecule has 0 N–H and O–H groups in total. The number of thiol groups is 1. The molecule has 2 aromatic rings. The fourth-order valence-electron chi connectivity index (χ4n) is 2.04. The lowest BCUT2D eigenvalue weighted by molar-refractivity contribution is 0.0526. The molecule has 0 radical (unpaired) electrons. The van der Waals surface area contributed by atoms with Crippen LogP contribution in [0.1, 0.15) is 41.9 Å². The van der Waals surface area contributed by atoms with E-state index in [9.17, 15) is 4.79 Å². The summed E-state index contributed by atoms with van der Waals surface area (Å²) in [4.78, 5) is 15.8. The summed E-state index contributed by atoms with van der Waals surface area (Å²) in [6.45, 7) is 4.95. The second-order valence-electron chi connectivity index (χ2n) is 5.85. The van der Waals surface area contributed by atoms with Crippen molar-refractivity contribution < 1.29 is 14.3 Å². The van der Waals surface area contributed by atoms with Gasteiger partial charge in [0.25, 0.3) is 0 Å². The number of nitrogens with zero attached hydrogens (tertiary/aromatic N) is 1. The molecule has 0 aliphatic heterocycles. The fraction of sp³-hybridized carbons (Fsp3) is 0.333. The number of hydrogen-bond acceptors (Lipinski definition) is 5. The fourth-order valence-corrected chi connectivity index (χ4v) is 2.23. The van der Waals surface area contributed by atoms with Gasteiger partial charge in [0.05, 0.1) is 18.8 Å². The first-order valence-electron chi connectivity index (χ1n) is 8.61. The van der Waals surface area contributed by atoms with Crippen molar-refractivity contribution in [3.8, 4) is 17.6 Å². The summed E-state index contributed by atoms with van der Waals surface area (Å²) >= 11 is 4.27. The minimum atomic E-state index is -0.376. The van der Waals surface area contributed by atoms with E-state index in [1.807, 2.05) is 24.3 Å². The average molecular weight is 369 g/mol. The summed E-state index contributed by atoms with van der Waals surface area (Å²) in [6.07, 6.45) is 2.46. The van der Waals surface area contributed by atoms with Crippen LogP contribution in [0.2, 0.25) is 0 Å². The standard InChI is InChI=1S/C21H23NO3S/c1-3-24-21(23)18-7-9-19(22-14-18)8-4-17-5-10-20(11-6-17)25-13-12-16(2)15-26/h5-7,9-11,14,16,26H,3,12-13,15H2,1-2H3. The van der Waals surface area contributed by atoms with Crippen LogP contribution in [-0.4, -0.2) is 29.9 Å². The second-order valence-corrected chi connectivity index (χ2v) is 6.22. The molecule has 0 amide bonds. The van der Waals surface area contributed by atoms with E-state index in [-0.39, 0.29) is 5.97 Å². The van der Waals surface area contributed by atoms with Gasteiger partial charge in [0, 0.05) is 11.8 Å². The highest BCUT2D eigenvalue weighted by Gasteiger charge is 2.05. The summed E-state index contributed by atoms with van der Waals surface area (Å²) in [6, 6.07) is 11.0. The minimum absolute atomic E-state index is 0.342. The first-order valence-corrected chi connectivity index (χ1v) is 9.24. The highest BCUT2D eigenvalue weighted by atomic mass is 32.1. The van der Waals surface area contributed by atoms with Gasteiger partial charge in [0.1, 0.15) is 11.4 Å². The van der Waals surface area contributed by atoms with Gasteiger partial charge in [-0.15, -0.1) is 0 Å². The largest absolute Gasteiger partial charge is 0.494 e. The average Bonchev–Trinajstić information content (AvgIpc) is 2.67. The van der Waals surface area contributed by atoms with Crippen molar-refractivity contribution in [3.63, 3.8) is 0 Å². The Morgan fingerprint density at radius 2 is 1.96 bits per heavy atom. The molecule has 26 heavy (non-hydrogen) atoms. The number of pyridine rings is 1. The molecular formula is C21H23NO3S. The summed E-state index contributed by atoms with van der Waals surface area (Å²) < 4.78 is 10.6. The van der Waals surface area contributed by atoms with Crippen LogP contribution in [0.15, 0.2) is 42.6 Å². The Bertz CT molecular complexity index is 761. The number of aromatic nitrogens is 1. The van der Waals surface area contributed by atoms with E-state index in [4.69, 9.17) is 9.47 Å². The molecule has 0 saturated heterocycles. The molecule has 0 aliphatic rings. The second kappa shape index (κ2) is 10.5. The molecule has 1 aromatic carbocycles. The predicted molar refractivity (Wildman–Crippen MR) is 106 cm³/mol. The third-order valence-corrected chi connectivity index (χ3v) is 4.28. The van der Waals surface area contributed by atoms with Crippen molar-refractivity contribution in [1.82, 2.24) is 4.98 Å². The molecule has 0 aliphatic carbocycles. The van der Waals surface area contributed by atoms with Gasteiger partial charge >= 0.3 is 5.97 Å². The molecule has 2 rings (SSSR count). The minimum Gasteiger partial charge on any atom is -0.494 e. The highest BCUT2D eigenvalue weighted by molar-refractivity contribution is 7.80. The maximum Gasteiger partial charge on any atom is 0.339 e. The normalized spacial score (nSPS) is 11.2. The summed E-state index contributed by atoms with van der Waals surface area (Å²) in [5, 5.41) is 0. The van der Waals surface area contributed by atoms with Crippen molar-refractivity contribution in [1.29, 1.82) is 0 Å². The molecule has 136 valence electrons. The number of esters is 1. The zero-order chi connectivity index (χ0) is 18.8. The number of benzene rings is 1. The molecule has 1 heterocycles. The van der Waals surface area contributed by atoms with Crippen LogP contribution >= 0.6 is 12.6 Å². The molecule has 0 saturated carbocycles.